The van der Waals surface area contributed by atoms with Gasteiger partial charge in [0.15, 0.2) is 0 Å². The smallest absolute Gasteiger partial charge is 0.0700 e. The maximum Gasteiger partial charge on any atom is 0.0700 e. The highest BCUT2D eigenvalue weighted by Crippen LogP contribution is 2.11. The topological polar surface area (TPSA) is 21.3 Å². The van der Waals surface area contributed by atoms with E-state index in [0.717, 1.165) is 13.2 Å². The van der Waals surface area contributed by atoms with Gasteiger partial charge in [-0.15, -0.1) is 12.4 Å². The van der Waals surface area contributed by atoms with Crippen molar-refractivity contribution in [1.29, 1.82) is 0 Å². The highest BCUT2D eigenvalue weighted by Gasteiger charge is 2.17. The molecule has 0 aliphatic carbocycles. The molecule has 1 aliphatic heterocycles. The average molecular weight is 194 g/mol. The molecule has 74 valence electrons. The van der Waals surface area contributed by atoms with E-state index < -0.39 is 0 Å². The van der Waals surface area contributed by atoms with Crippen molar-refractivity contribution in [2.45, 2.75) is 45.3 Å². The fourth-order valence-corrected chi connectivity index (χ4v) is 1.23. The summed E-state index contributed by atoms with van der Waals surface area (Å²) in [5.41, 5.74) is 0.228. The SMILES string of the molecule is CC(C)(C)NCC1CCCO1.Cl. The first-order valence-electron chi connectivity index (χ1n) is 4.44. The summed E-state index contributed by atoms with van der Waals surface area (Å²) in [5, 5.41) is 3.44. The standard InChI is InChI=1S/C9H19NO.ClH/c1-9(2,3)10-7-8-5-4-6-11-8;/h8,10H,4-7H2,1-3H3;1H. The second-order valence-electron chi connectivity index (χ2n) is 4.27. The van der Waals surface area contributed by atoms with Gasteiger partial charge in [-0.25, -0.2) is 0 Å². The van der Waals surface area contributed by atoms with Crippen molar-refractivity contribution >= 4 is 12.4 Å². The number of ether oxygens (including phenoxy) is 1. The van der Waals surface area contributed by atoms with Gasteiger partial charge in [0.05, 0.1) is 6.10 Å². The molecule has 0 aromatic heterocycles. The zero-order chi connectivity index (χ0) is 8.32. The number of hydrogen-bond donors (Lipinski definition) is 1. The van der Waals surface area contributed by atoms with Crippen LogP contribution in [0.2, 0.25) is 0 Å². The Morgan fingerprint density at radius 2 is 2.08 bits per heavy atom. The first-order valence-corrected chi connectivity index (χ1v) is 4.44. The summed E-state index contributed by atoms with van der Waals surface area (Å²) < 4.78 is 5.49. The summed E-state index contributed by atoms with van der Waals surface area (Å²) in [6.45, 7) is 8.51. The highest BCUT2D eigenvalue weighted by atomic mass is 35.5. The van der Waals surface area contributed by atoms with Crippen LogP contribution < -0.4 is 5.32 Å². The van der Waals surface area contributed by atoms with Crippen molar-refractivity contribution in [3.63, 3.8) is 0 Å². The molecule has 3 heteroatoms. The van der Waals surface area contributed by atoms with Crippen LogP contribution in [0.25, 0.3) is 0 Å². The molecule has 1 rings (SSSR count). The molecule has 0 aromatic rings. The minimum atomic E-state index is 0. The molecule has 0 spiro atoms. The summed E-state index contributed by atoms with van der Waals surface area (Å²) in [4.78, 5) is 0. The summed E-state index contributed by atoms with van der Waals surface area (Å²) in [7, 11) is 0. The zero-order valence-corrected chi connectivity index (χ0v) is 9.04. The van der Waals surface area contributed by atoms with Gasteiger partial charge in [0, 0.05) is 18.7 Å². The zero-order valence-electron chi connectivity index (χ0n) is 8.22. The maximum absolute atomic E-state index is 5.49. The first-order chi connectivity index (χ1) is 5.08. The summed E-state index contributed by atoms with van der Waals surface area (Å²) in [5.74, 6) is 0. The fourth-order valence-electron chi connectivity index (χ4n) is 1.23. The van der Waals surface area contributed by atoms with Crippen LogP contribution in [0.1, 0.15) is 33.6 Å². The van der Waals surface area contributed by atoms with Crippen molar-refractivity contribution < 1.29 is 4.74 Å². The van der Waals surface area contributed by atoms with Gasteiger partial charge in [0.1, 0.15) is 0 Å². The molecule has 0 radical (unpaired) electrons. The summed E-state index contributed by atoms with van der Waals surface area (Å²) in [6.07, 6.45) is 2.92. The van der Waals surface area contributed by atoms with Gasteiger partial charge in [0.25, 0.3) is 0 Å². The third-order valence-corrected chi connectivity index (χ3v) is 1.88. The van der Waals surface area contributed by atoms with E-state index in [-0.39, 0.29) is 17.9 Å². The Balaban J connectivity index is 0.00000121. The Morgan fingerprint density at radius 1 is 1.42 bits per heavy atom. The van der Waals surface area contributed by atoms with E-state index in [1.165, 1.54) is 12.8 Å². The summed E-state index contributed by atoms with van der Waals surface area (Å²) in [6, 6.07) is 0. The Labute approximate surface area is 81.5 Å². The van der Waals surface area contributed by atoms with Gasteiger partial charge in [0.2, 0.25) is 0 Å². The molecule has 1 saturated heterocycles. The lowest BCUT2D eigenvalue weighted by Crippen LogP contribution is -2.40. The minimum Gasteiger partial charge on any atom is -0.377 e. The van der Waals surface area contributed by atoms with Crippen LogP contribution in [0.4, 0.5) is 0 Å². The fraction of sp³-hybridized carbons (Fsp3) is 1.00. The Bertz CT molecular complexity index is 116. The van der Waals surface area contributed by atoms with Crippen LogP contribution in [0, 0.1) is 0 Å². The molecule has 1 heterocycles. The van der Waals surface area contributed by atoms with Gasteiger partial charge in [-0.2, -0.15) is 0 Å². The van der Waals surface area contributed by atoms with Crippen LogP contribution in [-0.4, -0.2) is 24.8 Å². The van der Waals surface area contributed by atoms with Gasteiger partial charge in [-0.3, -0.25) is 0 Å². The van der Waals surface area contributed by atoms with E-state index in [2.05, 4.69) is 26.1 Å². The van der Waals surface area contributed by atoms with E-state index in [0.29, 0.717) is 6.10 Å². The molecule has 0 amide bonds. The Morgan fingerprint density at radius 3 is 2.50 bits per heavy atom. The van der Waals surface area contributed by atoms with Crippen molar-refractivity contribution in [3.05, 3.63) is 0 Å². The van der Waals surface area contributed by atoms with Gasteiger partial charge >= 0.3 is 0 Å². The van der Waals surface area contributed by atoms with Crippen LogP contribution in [0.3, 0.4) is 0 Å². The molecule has 0 aromatic carbocycles. The molecule has 1 atom stereocenters. The Kier molecular flexibility index (Phi) is 5.14. The number of hydrogen-bond acceptors (Lipinski definition) is 2. The van der Waals surface area contributed by atoms with Gasteiger partial charge in [-0.05, 0) is 33.6 Å². The van der Waals surface area contributed by atoms with Crippen LogP contribution in [0.15, 0.2) is 0 Å². The molecule has 1 aliphatic rings. The number of rotatable bonds is 2. The predicted octanol–water partition coefficient (Wildman–Crippen LogP) is 1.98. The molecule has 0 bridgehead atoms. The summed E-state index contributed by atoms with van der Waals surface area (Å²) >= 11 is 0. The third-order valence-electron chi connectivity index (χ3n) is 1.88. The Hall–Kier alpha value is 0.210. The van der Waals surface area contributed by atoms with Gasteiger partial charge in [-0.1, -0.05) is 0 Å². The number of nitrogens with one attached hydrogen (secondary N) is 1. The second-order valence-corrected chi connectivity index (χ2v) is 4.27. The van der Waals surface area contributed by atoms with Gasteiger partial charge < -0.3 is 10.1 Å². The minimum absolute atomic E-state index is 0. The predicted molar refractivity (Wildman–Crippen MR) is 54.0 cm³/mol. The molecular weight excluding hydrogens is 174 g/mol. The maximum atomic E-state index is 5.49. The van der Waals surface area contributed by atoms with Crippen LogP contribution in [-0.2, 0) is 4.74 Å². The molecule has 12 heavy (non-hydrogen) atoms. The molecule has 1 N–H and O–H groups in total. The monoisotopic (exact) mass is 193 g/mol. The third kappa shape index (κ3) is 4.96. The van der Waals surface area contributed by atoms with E-state index in [1.54, 1.807) is 0 Å². The first kappa shape index (κ1) is 12.2. The second kappa shape index (κ2) is 5.05. The molecule has 1 fully saturated rings. The molecule has 2 nitrogen and oxygen atoms in total. The van der Waals surface area contributed by atoms with E-state index in [1.807, 2.05) is 0 Å². The number of halogens is 1. The lowest BCUT2D eigenvalue weighted by molar-refractivity contribution is 0.104. The molecular formula is C9H20ClNO. The van der Waals surface area contributed by atoms with E-state index in [9.17, 15) is 0 Å². The highest BCUT2D eigenvalue weighted by molar-refractivity contribution is 5.85. The normalized spacial score (nSPS) is 23.8. The largest absolute Gasteiger partial charge is 0.377 e. The van der Waals surface area contributed by atoms with Crippen molar-refractivity contribution in [1.82, 2.24) is 5.32 Å². The lowest BCUT2D eigenvalue weighted by Gasteiger charge is -2.22. The molecule has 0 saturated carbocycles. The van der Waals surface area contributed by atoms with Crippen LogP contribution >= 0.6 is 12.4 Å². The van der Waals surface area contributed by atoms with Crippen molar-refractivity contribution in [3.8, 4) is 0 Å². The van der Waals surface area contributed by atoms with Crippen LogP contribution in [0.5, 0.6) is 0 Å². The van der Waals surface area contributed by atoms with Crippen molar-refractivity contribution in [2.24, 2.45) is 0 Å². The quantitative estimate of drug-likeness (QED) is 0.724. The van der Waals surface area contributed by atoms with E-state index in [4.69, 9.17) is 4.74 Å². The lowest BCUT2D eigenvalue weighted by atomic mass is 10.1. The molecule has 1 unspecified atom stereocenters. The van der Waals surface area contributed by atoms with Crippen molar-refractivity contribution in [2.75, 3.05) is 13.2 Å². The average Bonchev–Trinajstić information content (AvgIpc) is 2.32. The van der Waals surface area contributed by atoms with E-state index >= 15 is 0 Å².